The third-order valence-electron chi connectivity index (χ3n) is 1.99. The van der Waals surface area contributed by atoms with E-state index in [1.165, 1.54) is 6.21 Å². The molecule has 0 fully saturated rings. The molecule has 0 saturated heterocycles. The van der Waals surface area contributed by atoms with Crippen molar-refractivity contribution in [1.29, 1.82) is 0 Å². The number of halogens is 1. The zero-order valence-electron chi connectivity index (χ0n) is 10.9. The van der Waals surface area contributed by atoms with E-state index >= 15 is 0 Å². The molecule has 0 aliphatic heterocycles. The lowest BCUT2D eigenvalue weighted by Crippen LogP contribution is -2.21. The summed E-state index contributed by atoms with van der Waals surface area (Å²) in [5, 5.41) is 7.20. The van der Waals surface area contributed by atoms with Crippen LogP contribution in [0.15, 0.2) is 32.9 Å². The highest BCUT2D eigenvalue weighted by atomic mass is 79.9. The first-order valence-electron chi connectivity index (χ1n) is 5.73. The maximum absolute atomic E-state index is 11.3. The van der Waals surface area contributed by atoms with E-state index in [4.69, 9.17) is 20.9 Å². The maximum atomic E-state index is 11.3. The smallest absolute Gasteiger partial charge is 0.344 e. The van der Waals surface area contributed by atoms with Crippen LogP contribution in [0.1, 0.15) is 12.5 Å². The van der Waals surface area contributed by atoms with E-state index < -0.39 is 5.97 Å². The number of nitrogens with two attached hydrogens (primary N) is 2. The molecule has 0 saturated carbocycles. The van der Waals surface area contributed by atoms with Gasteiger partial charge in [-0.1, -0.05) is 15.9 Å². The van der Waals surface area contributed by atoms with Crippen LogP contribution in [0.5, 0.6) is 5.75 Å². The minimum Gasteiger partial charge on any atom is -0.481 e. The normalized spacial score (nSPS) is 10.3. The quantitative estimate of drug-likeness (QED) is 0.346. The molecule has 0 bridgehead atoms. The summed E-state index contributed by atoms with van der Waals surface area (Å²) in [5.41, 5.74) is 11.0. The van der Waals surface area contributed by atoms with Gasteiger partial charge in [-0.2, -0.15) is 5.10 Å². The highest BCUT2D eigenvalue weighted by Gasteiger charge is 2.07. The van der Waals surface area contributed by atoms with Crippen molar-refractivity contribution in [2.24, 2.45) is 21.7 Å². The van der Waals surface area contributed by atoms with Gasteiger partial charge in [-0.15, -0.1) is 5.10 Å². The Morgan fingerprint density at radius 3 is 2.85 bits per heavy atom. The molecule has 0 unspecified atom stereocenters. The summed E-state index contributed by atoms with van der Waals surface area (Å²) >= 11 is 3.33. The number of ether oxygens (including phenoxy) is 2. The summed E-state index contributed by atoms with van der Waals surface area (Å²) < 4.78 is 11.0. The molecule has 0 aliphatic carbocycles. The van der Waals surface area contributed by atoms with Crippen LogP contribution in [0, 0.1) is 0 Å². The molecular weight excluding hydrogens is 328 g/mol. The van der Waals surface area contributed by atoms with E-state index in [9.17, 15) is 4.79 Å². The van der Waals surface area contributed by atoms with E-state index in [0.29, 0.717) is 17.9 Å². The van der Waals surface area contributed by atoms with Gasteiger partial charge in [0, 0.05) is 10.0 Å². The fourth-order valence-electron chi connectivity index (χ4n) is 1.25. The maximum Gasteiger partial charge on any atom is 0.344 e. The Morgan fingerprint density at radius 1 is 1.45 bits per heavy atom. The zero-order valence-corrected chi connectivity index (χ0v) is 12.5. The van der Waals surface area contributed by atoms with Gasteiger partial charge in [-0.3, -0.25) is 0 Å². The average Bonchev–Trinajstić information content (AvgIpc) is 2.37. The second kappa shape index (κ2) is 8.16. The third-order valence-corrected chi connectivity index (χ3v) is 2.49. The van der Waals surface area contributed by atoms with E-state index in [1.54, 1.807) is 25.1 Å². The fourth-order valence-corrected chi connectivity index (χ4v) is 1.63. The molecule has 1 aromatic carbocycles. The van der Waals surface area contributed by atoms with E-state index in [0.717, 1.165) is 4.47 Å². The molecule has 0 heterocycles. The van der Waals surface area contributed by atoms with Gasteiger partial charge in [0.2, 0.25) is 5.96 Å². The first-order valence-corrected chi connectivity index (χ1v) is 6.52. The number of hydrogen-bond acceptors (Lipinski definition) is 5. The number of carbonyl (C=O) groups is 1. The molecule has 0 aliphatic rings. The van der Waals surface area contributed by atoms with Crippen LogP contribution in [0.3, 0.4) is 0 Å². The van der Waals surface area contributed by atoms with Crippen molar-refractivity contribution in [2.45, 2.75) is 6.92 Å². The molecule has 0 atom stereocenters. The molecular formula is C12H15BrN4O3. The van der Waals surface area contributed by atoms with Gasteiger partial charge in [0.15, 0.2) is 6.61 Å². The molecule has 0 aromatic heterocycles. The van der Waals surface area contributed by atoms with Gasteiger partial charge in [-0.05, 0) is 25.1 Å². The van der Waals surface area contributed by atoms with Crippen LogP contribution < -0.4 is 16.2 Å². The monoisotopic (exact) mass is 342 g/mol. The Hall–Kier alpha value is -2.09. The zero-order chi connectivity index (χ0) is 15.0. The molecule has 108 valence electrons. The van der Waals surface area contributed by atoms with Crippen molar-refractivity contribution >= 4 is 34.1 Å². The molecule has 1 aromatic rings. The molecule has 0 radical (unpaired) electrons. The lowest BCUT2D eigenvalue weighted by Gasteiger charge is -2.08. The third kappa shape index (κ3) is 5.70. The summed E-state index contributed by atoms with van der Waals surface area (Å²) in [7, 11) is 0. The minimum absolute atomic E-state index is 0.148. The van der Waals surface area contributed by atoms with Crippen LogP contribution in [0.25, 0.3) is 0 Å². The number of guanidine groups is 1. The van der Waals surface area contributed by atoms with Gasteiger partial charge in [0.1, 0.15) is 5.75 Å². The largest absolute Gasteiger partial charge is 0.481 e. The van der Waals surface area contributed by atoms with Gasteiger partial charge >= 0.3 is 5.97 Å². The second-order valence-electron chi connectivity index (χ2n) is 3.55. The van der Waals surface area contributed by atoms with Crippen molar-refractivity contribution in [1.82, 2.24) is 0 Å². The van der Waals surface area contributed by atoms with Crippen molar-refractivity contribution in [3.8, 4) is 5.75 Å². The first-order chi connectivity index (χ1) is 9.52. The number of hydrogen-bond donors (Lipinski definition) is 2. The van der Waals surface area contributed by atoms with Crippen molar-refractivity contribution in [2.75, 3.05) is 13.2 Å². The molecule has 8 heteroatoms. The lowest BCUT2D eigenvalue weighted by atomic mass is 10.2. The van der Waals surface area contributed by atoms with Gasteiger partial charge in [0.05, 0.1) is 12.8 Å². The van der Waals surface area contributed by atoms with Crippen LogP contribution in [-0.4, -0.2) is 31.4 Å². The first kappa shape index (κ1) is 16.0. The topological polar surface area (TPSA) is 112 Å². The average molecular weight is 343 g/mol. The van der Waals surface area contributed by atoms with E-state index in [1.807, 2.05) is 0 Å². The Bertz CT molecular complexity index is 527. The number of benzene rings is 1. The Labute approximate surface area is 124 Å². The lowest BCUT2D eigenvalue weighted by molar-refractivity contribution is -0.145. The van der Waals surface area contributed by atoms with Crippen LogP contribution in [0.2, 0.25) is 0 Å². The molecule has 20 heavy (non-hydrogen) atoms. The van der Waals surface area contributed by atoms with Gasteiger partial charge in [0.25, 0.3) is 0 Å². The minimum atomic E-state index is -0.442. The Balaban J connectivity index is 2.82. The van der Waals surface area contributed by atoms with Crippen molar-refractivity contribution < 1.29 is 14.3 Å². The highest BCUT2D eigenvalue weighted by molar-refractivity contribution is 9.10. The number of rotatable bonds is 6. The van der Waals surface area contributed by atoms with E-state index in [2.05, 4.69) is 26.1 Å². The standard InChI is InChI=1S/C12H15BrN4O3/c1-2-19-11(18)7-20-10-4-3-9(13)5-8(10)6-16-17-12(14)15/h3-6H,2,7H2,1H3,(H4,14,15,17). The van der Waals surface area contributed by atoms with Crippen LogP contribution in [-0.2, 0) is 9.53 Å². The van der Waals surface area contributed by atoms with Crippen molar-refractivity contribution in [3.63, 3.8) is 0 Å². The number of esters is 1. The SMILES string of the molecule is CCOC(=O)COc1ccc(Br)cc1C=NN=C(N)N. The fraction of sp³-hybridized carbons (Fsp3) is 0.250. The number of carbonyl (C=O) groups excluding carboxylic acids is 1. The molecule has 1 rings (SSSR count). The second-order valence-corrected chi connectivity index (χ2v) is 4.46. The Morgan fingerprint density at radius 2 is 2.20 bits per heavy atom. The molecule has 0 spiro atoms. The predicted molar refractivity (Wildman–Crippen MR) is 79.7 cm³/mol. The Kier molecular flexibility index (Phi) is 6.51. The predicted octanol–water partition coefficient (Wildman–Crippen LogP) is 0.998. The summed E-state index contributed by atoms with van der Waals surface area (Å²) in [4.78, 5) is 11.3. The molecule has 4 N–H and O–H groups in total. The van der Waals surface area contributed by atoms with Crippen molar-refractivity contribution in [3.05, 3.63) is 28.2 Å². The molecule has 7 nitrogen and oxygen atoms in total. The highest BCUT2D eigenvalue weighted by Crippen LogP contribution is 2.21. The molecule has 0 amide bonds. The summed E-state index contributed by atoms with van der Waals surface area (Å²) in [6.45, 7) is 1.85. The van der Waals surface area contributed by atoms with E-state index in [-0.39, 0.29) is 12.6 Å². The van der Waals surface area contributed by atoms with Crippen LogP contribution >= 0.6 is 15.9 Å². The summed E-state index contributed by atoms with van der Waals surface area (Å²) in [5.74, 6) is -0.122. The summed E-state index contributed by atoms with van der Waals surface area (Å²) in [6, 6.07) is 5.23. The number of nitrogens with zero attached hydrogens (tertiary/aromatic N) is 2. The van der Waals surface area contributed by atoms with Gasteiger partial charge < -0.3 is 20.9 Å². The van der Waals surface area contributed by atoms with Crippen LogP contribution in [0.4, 0.5) is 0 Å². The summed E-state index contributed by atoms with van der Waals surface area (Å²) in [6.07, 6.45) is 1.42. The van der Waals surface area contributed by atoms with Gasteiger partial charge in [-0.25, -0.2) is 4.79 Å².